The van der Waals surface area contributed by atoms with Crippen molar-refractivity contribution >= 4 is 10.1 Å². The number of hydrogen-bond acceptors (Lipinski definition) is 4. The first-order valence-corrected chi connectivity index (χ1v) is 6.87. The maximum Gasteiger partial charge on any atom is 0.343 e. The van der Waals surface area contributed by atoms with Gasteiger partial charge in [0.05, 0.1) is 7.11 Å². The standard InChI is InChI=1S/C13H10F2O4S/c1-18-12-4-2-3-5-13(12)20(16,17)19-11-7-6-9(14)8-10(11)15/h2-8H,1H3. The van der Waals surface area contributed by atoms with E-state index >= 15 is 0 Å². The lowest BCUT2D eigenvalue weighted by atomic mass is 10.3. The first kappa shape index (κ1) is 14.3. The molecule has 0 atom stereocenters. The zero-order valence-corrected chi connectivity index (χ0v) is 11.2. The van der Waals surface area contributed by atoms with Gasteiger partial charge in [-0.05, 0) is 24.3 Å². The van der Waals surface area contributed by atoms with Crippen LogP contribution < -0.4 is 8.92 Å². The van der Waals surface area contributed by atoms with Crippen molar-refractivity contribution in [2.75, 3.05) is 7.11 Å². The quantitative estimate of drug-likeness (QED) is 0.815. The molecule has 0 bridgehead atoms. The van der Waals surface area contributed by atoms with Crippen LogP contribution in [0.3, 0.4) is 0 Å². The summed E-state index contributed by atoms with van der Waals surface area (Å²) in [4.78, 5) is -0.244. The molecule has 106 valence electrons. The largest absolute Gasteiger partial charge is 0.495 e. The summed E-state index contributed by atoms with van der Waals surface area (Å²) in [6.07, 6.45) is 0. The molecule has 0 aliphatic heterocycles. The Kier molecular flexibility index (Phi) is 3.89. The van der Waals surface area contributed by atoms with Crippen LogP contribution in [0.15, 0.2) is 47.4 Å². The van der Waals surface area contributed by atoms with Crippen LogP contribution in [0.25, 0.3) is 0 Å². The minimum atomic E-state index is -4.28. The van der Waals surface area contributed by atoms with Gasteiger partial charge >= 0.3 is 10.1 Å². The van der Waals surface area contributed by atoms with Gasteiger partial charge in [0.2, 0.25) is 0 Å². The van der Waals surface area contributed by atoms with Gasteiger partial charge in [0.1, 0.15) is 16.5 Å². The number of methoxy groups -OCH3 is 1. The smallest absolute Gasteiger partial charge is 0.343 e. The molecule has 0 radical (unpaired) electrons. The van der Waals surface area contributed by atoms with Crippen LogP contribution >= 0.6 is 0 Å². The van der Waals surface area contributed by atoms with Gasteiger partial charge in [0.15, 0.2) is 11.6 Å². The third-order valence-electron chi connectivity index (χ3n) is 2.43. The molecule has 0 N–H and O–H groups in total. The molecule has 0 heterocycles. The SMILES string of the molecule is COc1ccccc1S(=O)(=O)Oc1ccc(F)cc1F. The molecule has 0 saturated carbocycles. The van der Waals surface area contributed by atoms with Crippen molar-refractivity contribution in [3.63, 3.8) is 0 Å². The predicted molar refractivity (Wildman–Crippen MR) is 67.2 cm³/mol. The molecule has 2 rings (SSSR count). The molecule has 4 nitrogen and oxygen atoms in total. The number of benzene rings is 2. The lowest BCUT2D eigenvalue weighted by molar-refractivity contribution is 0.396. The van der Waals surface area contributed by atoms with Crippen molar-refractivity contribution < 1.29 is 26.1 Å². The van der Waals surface area contributed by atoms with E-state index in [2.05, 4.69) is 4.18 Å². The van der Waals surface area contributed by atoms with E-state index < -0.39 is 27.5 Å². The van der Waals surface area contributed by atoms with E-state index in [1.807, 2.05) is 0 Å². The maximum atomic E-state index is 13.4. The Morgan fingerprint density at radius 2 is 1.70 bits per heavy atom. The fourth-order valence-corrected chi connectivity index (χ4v) is 2.64. The van der Waals surface area contributed by atoms with Crippen molar-refractivity contribution in [1.82, 2.24) is 0 Å². The third-order valence-corrected chi connectivity index (χ3v) is 3.71. The topological polar surface area (TPSA) is 52.6 Å². The van der Waals surface area contributed by atoms with Crippen LogP contribution in [0.5, 0.6) is 11.5 Å². The van der Waals surface area contributed by atoms with Gasteiger partial charge in [0, 0.05) is 6.07 Å². The van der Waals surface area contributed by atoms with Crippen LogP contribution in [-0.4, -0.2) is 15.5 Å². The highest BCUT2D eigenvalue weighted by molar-refractivity contribution is 7.87. The first-order chi connectivity index (χ1) is 9.44. The van der Waals surface area contributed by atoms with E-state index in [0.29, 0.717) is 6.07 Å². The number of ether oxygens (including phenoxy) is 1. The summed E-state index contributed by atoms with van der Waals surface area (Å²) in [5.74, 6) is -2.46. The van der Waals surface area contributed by atoms with Gasteiger partial charge in [-0.1, -0.05) is 12.1 Å². The minimum absolute atomic E-state index is 0.0648. The van der Waals surface area contributed by atoms with Gasteiger partial charge < -0.3 is 8.92 Å². The van der Waals surface area contributed by atoms with Gasteiger partial charge in [0.25, 0.3) is 0 Å². The molecule has 0 saturated heterocycles. The molecule has 2 aromatic rings. The van der Waals surface area contributed by atoms with Crippen LogP contribution in [0.4, 0.5) is 8.78 Å². The molecule has 0 spiro atoms. The van der Waals surface area contributed by atoms with Crippen LogP contribution in [-0.2, 0) is 10.1 Å². The Morgan fingerprint density at radius 3 is 2.35 bits per heavy atom. The Morgan fingerprint density at radius 1 is 1.00 bits per heavy atom. The molecule has 0 aliphatic carbocycles. The molecule has 2 aromatic carbocycles. The molecular formula is C13H10F2O4S. The van der Waals surface area contributed by atoms with E-state index in [1.54, 1.807) is 6.07 Å². The van der Waals surface area contributed by atoms with Crippen molar-refractivity contribution in [1.29, 1.82) is 0 Å². The second kappa shape index (κ2) is 5.46. The Hall–Kier alpha value is -2.15. The lowest BCUT2D eigenvalue weighted by Crippen LogP contribution is -2.12. The van der Waals surface area contributed by atoms with E-state index in [1.165, 1.54) is 25.3 Å². The monoisotopic (exact) mass is 300 g/mol. The van der Waals surface area contributed by atoms with Crippen LogP contribution in [0.1, 0.15) is 0 Å². The van der Waals surface area contributed by atoms with Crippen molar-refractivity contribution in [2.45, 2.75) is 4.90 Å². The maximum absolute atomic E-state index is 13.4. The highest BCUT2D eigenvalue weighted by Gasteiger charge is 2.23. The summed E-state index contributed by atoms with van der Waals surface area (Å²) in [6.45, 7) is 0. The van der Waals surface area contributed by atoms with Crippen molar-refractivity contribution in [2.24, 2.45) is 0 Å². The van der Waals surface area contributed by atoms with Gasteiger partial charge in [-0.25, -0.2) is 8.78 Å². The lowest BCUT2D eigenvalue weighted by Gasteiger charge is -2.10. The molecule has 0 aromatic heterocycles. The zero-order valence-electron chi connectivity index (χ0n) is 10.3. The summed E-state index contributed by atoms with van der Waals surface area (Å²) in [6, 6.07) is 8.07. The van der Waals surface area contributed by atoms with Gasteiger partial charge in [-0.3, -0.25) is 0 Å². The first-order valence-electron chi connectivity index (χ1n) is 5.46. The highest BCUT2D eigenvalue weighted by atomic mass is 32.2. The van der Waals surface area contributed by atoms with Crippen LogP contribution in [0.2, 0.25) is 0 Å². The third kappa shape index (κ3) is 2.88. The summed E-state index contributed by atoms with van der Waals surface area (Å²) in [5.41, 5.74) is 0. The Bertz CT molecular complexity index is 729. The fraction of sp³-hybridized carbons (Fsp3) is 0.0769. The van der Waals surface area contributed by atoms with Gasteiger partial charge in [-0.2, -0.15) is 8.42 Å². The second-order valence-corrected chi connectivity index (χ2v) is 5.28. The molecular weight excluding hydrogens is 290 g/mol. The summed E-state index contributed by atoms with van der Waals surface area (Å²) in [7, 11) is -2.98. The van der Waals surface area contributed by atoms with E-state index in [9.17, 15) is 17.2 Å². The Balaban J connectivity index is 2.41. The predicted octanol–water partition coefficient (Wildman–Crippen LogP) is 2.74. The normalized spacial score (nSPS) is 11.2. The molecule has 20 heavy (non-hydrogen) atoms. The number of rotatable bonds is 4. The van der Waals surface area contributed by atoms with Gasteiger partial charge in [-0.15, -0.1) is 0 Å². The molecule has 0 fully saturated rings. The minimum Gasteiger partial charge on any atom is -0.495 e. The second-order valence-electron chi connectivity index (χ2n) is 3.76. The number of halogens is 2. The molecule has 0 aliphatic rings. The van der Waals surface area contributed by atoms with Crippen LogP contribution in [0, 0.1) is 11.6 Å². The number of para-hydroxylation sites is 1. The summed E-state index contributed by atoms with van der Waals surface area (Å²) < 4.78 is 59.9. The molecule has 0 amide bonds. The molecule has 7 heteroatoms. The average Bonchev–Trinajstić information content (AvgIpc) is 2.42. The summed E-state index contributed by atoms with van der Waals surface area (Å²) >= 11 is 0. The average molecular weight is 300 g/mol. The van der Waals surface area contributed by atoms with E-state index in [4.69, 9.17) is 4.74 Å². The Labute approximate surface area is 114 Å². The van der Waals surface area contributed by atoms with Crippen molar-refractivity contribution in [3.8, 4) is 11.5 Å². The van der Waals surface area contributed by atoms with Crippen molar-refractivity contribution in [3.05, 3.63) is 54.1 Å². The molecule has 0 unspecified atom stereocenters. The number of hydrogen-bond donors (Lipinski definition) is 0. The summed E-state index contributed by atoms with van der Waals surface area (Å²) in [5, 5.41) is 0. The van der Waals surface area contributed by atoms with E-state index in [-0.39, 0.29) is 10.6 Å². The zero-order chi connectivity index (χ0) is 14.8. The highest BCUT2D eigenvalue weighted by Crippen LogP contribution is 2.27. The van der Waals surface area contributed by atoms with E-state index in [0.717, 1.165) is 12.1 Å². The fourth-order valence-electron chi connectivity index (χ4n) is 1.53.